The van der Waals surface area contributed by atoms with E-state index in [0.29, 0.717) is 22.0 Å². The van der Waals surface area contributed by atoms with Gasteiger partial charge >= 0.3 is 0 Å². The van der Waals surface area contributed by atoms with Crippen LogP contribution in [0, 0.1) is 6.92 Å². The van der Waals surface area contributed by atoms with E-state index in [4.69, 9.17) is 16.3 Å². The molecule has 2 amide bonds. The first-order chi connectivity index (χ1) is 21.8. The molecule has 0 aliphatic carbocycles. The second-order valence-electron chi connectivity index (χ2n) is 12.1. The lowest BCUT2D eigenvalue weighted by Gasteiger charge is -2.35. The SMILES string of the molecule is COc1ccc(S(=O)(=O)N(CC(=O)N(Cc2ccccc2Cl)C(Cc2ccccc2)C(=O)NC(C)(C)C)c2ccc(C)cc2)cc1. The second-order valence-corrected chi connectivity index (χ2v) is 14.4. The number of hydrogen-bond donors (Lipinski definition) is 1. The minimum atomic E-state index is -4.23. The molecule has 10 heteroatoms. The average Bonchev–Trinajstić information content (AvgIpc) is 3.02. The summed E-state index contributed by atoms with van der Waals surface area (Å²) in [6.07, 6.45) is 0.203. The van der Waals surface area contributed by atoms with Gasteiger partial charge in [-0.25, -0.2) is 8.42 Å². The van der Waals surface area contributed by atoms with Gasteiger partial charge in [0.05, 0.1) is 17.7 Å². The third-order valence-electron chi connectivity index (χ3n) is 7.32. The number of aryl methyl sites for hydroxylation is 1. The summed E-state index contributed by atoms with van der Waals surface area (Å²) < 4.78 is 34.7. The molecule has 0 radical (unpaired) electrons. The van der Waals surface area contributed by atoms with E-state index >= 15 is 0 Å². The second kappa shape index (κ2) is 14.8. The molecule has 242 valence electrons. The summed E-state index contributed by atoms with van der Waals surface area (Å²) in [7, 11) is -2.74. The number of halogens is 1. The number of nitrogens with one attached hydrogen (secondary N) is 1. The molecule has 8 nitrogen and oxygen atoms in total. The third kappa shape index (κ3) is 8.89. The minimum absolute atomic E-state index is 0.00867. The van der Waals surface area contributed by atoms with Crippen molar-refractivity contribution in [2.45, 2.75) is 57.1 Å². The fourth-order valence-corrected chi connectivity index (χ4v) is 6.54. The topological polar surface area (TPSA) is 96.0 Å². The predicted molar refractivity (Wildman–Crippen MR) is 183 cm³/mol. The fourth-order valence-electron chi connectivity index (χ4n) is 4.93. The Balaban J connectivity index is 1.82. The fraction of sp³-hybridized carbons (Fsp3) is 0.278. The maximum Gasteiger partial charge on any atom is 0.264 e. The first-order valence-corrected chi connectivity index (χ1v) is 16.7. The number of rotatable bonds is 12. The van der Waals surface area contributed by atoms with Crippen LogP contribution in [0.1, 0.15) is 37.5 Å². The first kappa shape index (κ1) is 34.5. The van der Waals surface area contributed by atoms with Crippen molar-refractivity contribution in [1.82, 2.24) is 10.2 Å². The molecular weight excluding hydrogens is 622 g/mol. The number of anilines is 1. The van der Waals surface area contributed by atoms with E-state index in [1.807, 2.05) is 58.0 Å². The summed E-state index contributed by atoms with van der Waals surface area (Å²) in [6.45, 7) is 6.92. The number of amides is 2. The van der Waals surface area contributed by atoms with Gasteiger partial charge in [0, 0.05) is 23.5 Å². The Labute approximate surface area is 277 Å². The molecule has 0 spiro atoms. The number of hydrogen-bond acceptors (Lipinski definition) is 5. The Kier molecular flexibility index (Phi) is 11.1. The summed E-state index contributed by atoms with van der Waals surface area (Å²) >= 11 is 6.56. The van der Waals surface area contributed by atoms with Crippen molar-refractivity contribution in [3.8, 4) is 5.75 Å². The molecule has 4 aromatic rings. The highest BCUT2D eigenvalue weighted by molar-refractivity contribution is 7.92. The normalized spacial score (nSPS) is 12.2. The van der Waals surface area contributed by atoms with Gasteiger partial charge in [-0.2, -0.15) is 0 Å². The lowest BCUT2D eigenvalue weighted by Crippen LogP contribution is -2.56. The van der Waals surface area contributed by atoms with Crippen molar-refractivity contribution in [2.24, 2.45) is 0 Å². The van der Waals surface area contributed by atoms with Crippen molar-refractivity contribution in [3.05, 3.63) is 125 Å². The van der Waals surface area contributed by atoms with Crippen LogP contribution in [0.2, 0.25) is 5.02 Å². The molecule has 46 heavy (non-hydrogen) atoms. The quantitative estimate of drug-likeness (QED) is 0.189. The van der Waals surface area contributed by atoms with Crippen LogP contribution in [-0.2, 0) is 32.6 Å². The number of sulfonamides is 1. The van der Waals surface area contributed by atoms with E-state index in [9.17, 15) is 18.0 Å². The Morgan fingerprint density at radius 1 is 0.870 bits per heavy atom. The molecule has 0 aromatic heterocycles. The van der Waals surface area contributed by atoms with Crippen molar-refractivity contribution in [2.75, 3.05) is 18.0 Å². The van der Waals surface area contributed by atoms with Crippen LogP contribution in [0.25, 0.3) is 0 Å². The molecule has 1 atom stereocenters. The van der Waals surface area contributed by atoms with Crippen LogP contribution >= 0.6 is 11.6 Å². The van der Waals surface area contributed by atoms with Gasteiger partial charge in [0.2, 0.25) is 11.8 Å². The Hall–Kier alpha value is -4.34. The number of ether oxygens (including phenoxy) is 1. The van der Waals surface area contributed by atoms with E-state index in [1.54, 1.807) is 60.7 Å². The molecule has 0 aliphatic heterocycles. The number of benzene rings is 4. The van der Waals surface area contributed by atoms with Gasteiger partial charge < -0.3 is 15.0 Å². The monoisotopic (exact) mass is 661 g/mol. The highest BCUT2D eigenvalue weighted by Gasteiger charge is 2.36. The highest BCUT2D eigenvalue weighted by atomic mass is 35.5. The summed E-state index contributed by atoms with van der Waals surface area (Å²) in [4.78, 5) is 30.0. The molecular formula is C36H40ClN3O5S. The molecule has 0 saturated heterocycles. The van der Waals surface area contributed by atoms with Gasteiger partial charge in [0.15, 0.2) is 0 Å². The molecule has 0 saturated carbocycles. The summed E-state index contributed by atoms with van der Waals surface area (Å²) in [6, 6.07) is 28.4. The van der Waals surface area contributed by atoms with Crippen molar-refractivity contribution >= 4 is 39.1 Å². The highest BCUT2D eigenvalue weighted by Crippen LogP contribution is 2.27. The van der Waals surface area contributed by atoms with E-state index < -0.39 is 34.1 Å². The zero-order chi connectivity index (χ0) is 33.5. The Bertz CT molecular complexity index is 1740. The van der Waals surface area contributed by atoms with Crippen molar-refractivity contribution in [3.63, 3.8) is 0 Å². The maximum absolute atomic E-state index is 14.6. The lowest BCUT2D eigenvalue weighted by atomic mass is 10.0. The van der Waals surface area contributed by atoms with Crippen LogP contribution in [0.15, 0.2) is 108 Å². The molecule has 0 bridgehead atoms. The Morgan fingerprint density at radius 3 is 2.07 bits per heavy atom. The van der Waals surface area contributed by atoms with Gasteiger partial charge in [-0.05, 0) is 81.3 Å². The summed E-state index contributed by atoms with van der Waals surface area (Å²) in [5.41, 5.74) is 2.12. The summed E-state index contributed by atoms with van der Waals surface area (Å²) in [5.74, 6) is -0.435. The minimum Gasteiger partial charge on any atom is -0.497 e. The molecule has 4 aromatic carbocycles. The molecule has 0 fully saturated rings. The van der Waals surface area contributed by atoms with Crippen LogP contribution < -0.4 is 14.4 Å². The predicted octanol–water partition coefficient (Wildman–Crippen LogP) is 6.41. The maximum atomic E-state index is 14.6. The van der Waals surface area contributed by atoms with E-state index in [1.165, 1.54) is 24.1 Å². The number of nitrogens with zero attached hydrogens (tertiary/aromatic N) is 2. The lowest BCUT2D eigenvalue weighted by molar-refractivity contribution is -0.140. The standard InChI is InChI=1S/C36H40ClN3O5S/c1-26-15-17-29(18-16-26)40(46(43,44)31-21-19-30(45-5)20-22-31)25-34(41)39(24-28-13-9-10-14-32(28)37)33(35(42)38-36(2,3)4)23-27-11-7-6-8-12-27/h6-22,33H,23-25H2,1-5H3,(H,38,42). The molecule has 0 heterocycles. The van der Waals surface area contributed by atoms with Crippen LogP contribution in [0.5, 0.6) is 5.75 Å². The molecule has 4 rings (SSSR count). The summed E-state index contributed by atoms with van der Waals surface area (Å²) in [5, 5.41) is 3.45. The average molecular weight is 662 g/mol. The zero-order valence-corrected chi connectivity index (χ0v) is 28.3. The van der Waals surface area contributed by atoms with Crippen molar-refractivity contribution < 1.29 is 22.7 Å². The molecule has 1 unspecified atom stereocenters. The Morgan fingerprint density at radius 2 is 1.48 bits per heavy atom. The van der Waals surface area contributed by atoms with Crippen LogP contribution in [0.3, 0.4) is 0 Å². The van der Waals surface area contributed by atoms with Crippen molar-refractivity contribution in [1.29, 1.82) is 0 Å². The van der Waals surface area contributed by atoms with Gasteiger partial charge in [-0.1, -0.05) is 77.8 Å². The van der Waals surface area contributed by atoms with Crippen LogP contribution in [0.4, 0.5) is 5.69 Å². The van der Waals surface area contributed by atoms with Gasteiger partial charge in [0.1, 0.15) is 18.3 Å². The number of carbonyl (C=O) groups excluding carboxylic acids is 2. The van der Waals surface area contributed by atoms with Gasteiger partial charge in [0.25, 0.3) is 10.0 Å². The first-order valence-electron chi connectivity index (χ1n) is 14.9. The third-order valence-corrected chi connectivity index (χ3v) is 9.47. The largest absolute Gasteiger partial charge is 0.497 e. The van der Waals surface area contributed by atoms with Crippen LogP contribution in [-0.4, -0.2) is 50.4 Å². The number of carbonyl (C=O) groups is 2. The zero-order valence-electron chi connectivity index (χ0n) is 26.7. The van der Waals surface area contributed by atoms with E-state index in [0.717, 1.165) is 15.4 Å². The number of methoxy groups -OCH3 is 1. The van der Waals surface area contributed by atoms with Gasteiger partial charge in [-0.3, -0.25) is 13.9 Å². The van der Waals surface area contributed by atoms with E-state index in [-0.39, 0.29) is 23.8 Å². The van der Waals surface area contributed by atoms with E-state index in [2.05, 4.69) is 5.32 Å². The molecule has 0 aliphatic rings. The van der Waals surface area contributed by atoms with Gasteiger partial charge in [-0.15, -0.1) is 0 Å². The molecule has 1 N–H and O–H groups in total. The smallest absolute Gasteiger partial charge is 0.264 e.